The Morgan fingerprint density at radius 3 is 2.19 bits per heavy atom. The quantitative estimate of drug-likeness (QED) is 0.871. The fraction of sp³-hybridized carbons (Fsp3) is 0.273. The van der Waals surface area contributed by atoms with Crippen molar-refractivity contribution >= 4 is 17.2 Å². The van der Waals surface area contributed by atoms with Crippen LogP contribution in [0.15, 0.2) is 35.4 Å². The summed E-state index contributed by atoms with van der Waals surface area (Å²) in [5.74, 6) is 0. The van der Waals surface area contributed by atoms with E-state index in [0.717, 1.165) is 0 Å². The van der Waals surface area contributed by atoms with E-state index in [2.05, 4.69) is 0 Å². The van der Waals surface area contributed by atoms with E-state index in [4.69, 9.17) is 17.3 Å². The fourth-order valence-electron chi connectivity index (χ4n) is 1.34. The summed E-state index contributed by atoms with van der Waals surface area (Å²) in [5.41, 5.74) is 5.78. The van der Waals surface area contributed by atoms with Gasteiger partial charge in [0.05, 0.1) is 0 Å². The summed E-state index contributed by atoms with van der Waals surface area (Å²) >= 11 is 5.34. The molecule has 1 aromatic carbocycles. The van der Waals surface area contributed by atoms with Crippen LogP contribution in [0.1, 0.15) is 12.0 Å². The molecule has 0 saturated heterocycles. The maximum Gasteiger partial charge on any atom is 0.427 e. The van der Waals surface area contributed by atoms with Gasteiger partial charge in [-0.25, -0.2) is 0 Å². The van der Waals surface area contributed by atoms with E-state index in [1.54, 1.807) is 30.3 Å². The topological polar surface area (TPSA) is 26.0 Å². The minimum atomic E-state index is -4.53. The predicted molar refractivity (Wildman–Crippen MR) is 58.9 cm³/mol. The normalized spacial score (nSPS) is 13.6. The van der Waals surface area contributed by atoms with E-state index in [1.807, 2.05) is 0 Å². The summed E-state index contributed by atoms with van der Waals surface area (Å²) in [6.07, 6.45) is -4.43. The third kappa shape index (κ3) is 3.25. The predicted octanol–water partition coefficient (Wildman–Crippen LogP) is 3.55. The molecular weight excluding hydrogens is 239 g/mol. The molecule has 0 radical (unpaired) electrons. The Morgan fingerprint density at radius 1 is 1.19 bits per heavy atom. The van der Waals surface area contributed by atoms with Crippen LogP contribution in [-0.2, 0) is 0 Å². The molecule has 0 amide bonds. The lowest BCUT2D eigenvalue weighted by atomic mass is 10.0. The van der Waals surface area contributed by atoms with Crippen molar-refractivity contribution in [3.8, 4) is 0 Å². The molecule has 5 heteroatoms. The zero-order valence-electron chi connectivity index (χ0n) is 8.39. The lowest BCUT2D eigenvalue weighted by molar-refractivity contribution is -0.0841. The highest BCUT2D eigenvalue weighted by Crippen LogP contribution is 2.36. The van der Waals surface area contributed by atoms with Gasteiger partial charge < -0.3 is 5.73 Å². The maximum absolute atomic E-state index is 12.5. The zero-order chi connectivity index (χ0) is 12.2. The van der Waals surface area contributed by atoms with Crippen LogP contribution in [0, 0.1) is 0 Å². The average molecular weight is 250 g/mol. The molecule has 0 aromatic heterocycles. The van der Waals surface area contributed by atoms with E-state index >= 15 is 0 Å². The summed E-state index contributed by atoms with van der Waals surface area (Å²) in [6.45, 7) is 0.122. The molecular formula is C11H11ClF3N. The molecule has 1 rings (SSSR count). The van der Waals surface area contributed by atoms with Crippen molar-refractivity contribution in [2.75, 3.05) is 6.54 Å². The van der Waals surface area contributed by atoms with Crippen LogP contribution in [0.2, 0.25) is 0 Å². The fourth-order valence-corrected chi connectivity index (χ4v) is 1.54. The molecule has 0 atom stereocenters. The van der Waals surface area contributed by atoms with Crippen LogP contribution in [0.25, 0.3) is 5.57 Å². The van der Waals surface area contributed by atoms with Crippen LogP contribution in [0.3, 0.4) is 0 Å². The lowest BCUT2D eigenvalue weighted by Crippen LogP contribution is -2.11. The highest BCUT2D eigenvalue weighted by atomic mass is 35.5. The first kappa shape index (κ1) is 13.1. The zero-order valence-corrected chi connectivity index (χ0v) is 9.15. The summed E-state index contributed by atoms with van der Waals surface area (Å²) < 4.78 is 37.4. The second-order valence-electron chi connectivity index (χ2n) is 3.19. The number of allylic oxidation sites excluding steroid dienone is 1. The van der Waals surface area contributed by atoms with Crippen molar-refractivity contribution in [1.82, 2.24) is 0 Å². The first-order chi connectivity index (χ1) is 7.46. The molecule has 88 valence electrons. The standard InChI is InChI=1S/C11H11ClF3N/c12-10(11(13,14)15)9(6-7-16)8-4-2-1-3-5-8/h1-5H,6-7,16H2/b10-9-. The second kappa shape index (κ2) is 5.37. The monoisotopic (exact) mass is 249 g/mol. The minimum Gasteiger partial charge on any atom is -0.330 e. The highest BCUT2D eigenvalue weighted by Gasteiger charge is 2.35. The third-order valence-electron chi connectivity index (χ3n) is 2.03. The molecule has 0 fully saturated rings. The molecule has 0 aliphatic heterocycles. The van der Waals surface area contributed by atoms with Crippen molar-refractivity contribution < 1.29 is 13.2 Å². The summed E-state index contributed by atoms with van der Waals surface area (Å²) in [6, 6.07) is 8.21. The number of alkyl halides is 3. The summed E-state index contributed by atoms with van der Waals surface area (Å²) in [5, 5.41) is -1.09. The van der Waals surface area contributed by atoms with Gasteiger partial charge in [0.1, 0.15) is 5.03 Å². The second-order valence-corrected chi connectivity index (χ2v) is 3.57. The van der Waals surface area contributed by atoms with E-state index in [0.29, 0.717) is 5.56 Å². The number of benzene rings is 1. The number of hydrogen-bond donors (Lipinski definition) is 1. The van der Waals surface area contributed by atoms with Gasteiger partial charge in [0.2, 0.25) is 0 Å². The van der Waals surface area contributed by atoms with Gasteiger partial charge in [0.15, 0.2) is 0 Å². The van der Waals surface area contributed by atoms with Gasteiger partial charge in [-0.05, 0) is 24.1 Å². The highest BCUT2D eigenvalue weighted by molar-refractivity contribution is 6.33. The lowest BCUT2D eigenvalue weighted by Gasteiger charge is -2.12. The van der Waals surface area contributed by atoms with Gasteiger partial charge in [-0.1, -0.05) is 41.9 Å². The van der Waals surface area contributed by atoms with Crippen molar-refractivity contribution in [2.45, 2.75) is 12.6 Å². The third-order valence-corrected chi connectivity index (χ3v) is 2.47. The first-order valence-electron chi connectivity index (χ1n) is 4.68. The Balaban J connectivity index is 3.19. The molecule has 0 bridgehead atoms. The molecule has 0 heterocycles. The van der Waals surface area contributed by atoms with Crippen LogP contribution in [-0.4, -0.2) is 12.7 Å². The molecule has 0 unspecified atom stereocenters. The largest absolute Gasteiger partial charge is 0.427 e. The smallest absolute Gasteiger partial charge is 0.330 e. The van der Waals surface area contributed by atoms with Gasteiger partial charge in [-0.3, -0.25) is 0 Å². The Kier molecular flexibility index (Phi) is 4.38. The number of rotatable bonds is 3. The van der Waals surface area contributed by atoms with Crippen molar-refractivity contribution in [1.29, 1.82) is 0 Å². The molecule has 1 aromatic rings. The Morgan fingerprint density at radius 2 is 1.75 bits per heavy atom. The van der Waals surface area contributed by atoms with Crippen LogP contribution >= 0.6 is 11.6 Å². The summed E-state index contributed by atoms with van der Waals surface area (Å²) in [4.78, 5) is 0. The minimum absolute atomic E-state index is 0.0391. The maximum atomic E-state index is 12.5. The van der Waals surface area contributed by atoms with E-state index in [1.165, 1.54) is 0 Å². The van der Waals surface area contributed by atoms with Gasteiger partial charge >= 0.3 is 6.18 Å². The van der Waals surface area contributed by atoms with Crippen LogP contribution < -0.4 is 5.73 Å². The number of halogens is 4. The van der Waals surface area contributed by atoms with Crippen molar-refractivity contribution in [3.05, 3.63) is 40.9 Å². The Labute approximate surface area is 96.7 Å². The molecule has 16 heavy (non-hydrogen) atoms. The van der Waals surface area contributed by atoms with Crippen molar-refractivity contribution in [2.24, 2.45) is 5.73 Å². The Bertz CT molecular complexity index is 371. The van der Waals surface area contributed by atoms with Gasteiger partial charge in [-0.15, -0.1) is 0 Å². The van der Waals surface area contributed by atoms with Gasteiger partial charge in [0, 0.05) is 0 Å². The SMILES string of the molecule is NCC/C(=C(/Cl)C(F)(F)F)c1ccccc1. The van der Waals surface area contributed by atoms with Gasteiger partial charge in [-0.2, -0.15) is 13.2 Å². The molecule has 1 nitrogen and oxygen atoms in total. The molecule has 0 spiro atoms. The molecule has 0 saturated carbocycles. The van der Waals surface area contributed by atoms with E-state index < -0.39 is 11.2 Å². The Hall–Kier alpha value is -1.00. The van der Waals surface area contributed by atoms with Crippen molar-refractivity contribution in [3.63, 3.8) is 0 Å². The van der Waals surface area contributed by atoms with Crippen LogP contribution in [0.4, 0.5) is 13.2 Å². The number of nitrogens with two attached hydrogens (primary N) is 1. The average Bonchev–Trinajstić information content (AvgIpc) is 2.25. The summed E-state index contributed by atoms with van der Waals surface area (Å²) in [7, 11) is 0. The molecule has 0 aliphatic rings. The van der Waals surface area contributed by atoms with E-state index in [9.17, 15) is 13.2 Å². The number of hydrogen-bond acceptors (Lipinski definition) is 1. The van der Waals surface area contributed by atoms with Crippen LogP contribution in [0.5, 0.6) is 0 Å². The molecule has 2 N–H and O–H groups in total. The van der Waals surface area contributed by atoms with E-state index in [-0.39, 0.29) is 18.5 Å². The molecule has 0 aliphatic carbocycles. The van der Waals surface area contributed by atoms with Gasteiger partial charge in [0.25, 0.3) is 0 Å². The first-order valence-corrected chi connectivity index (χ1v) is 5.06.